The molecule has 0 aliphatic heterocycles. The van der Waals surface area contributed by atoms with E-state index in [0.717, 1.165) is 51.4 Å². The second-order valence-corrected chi connectivity index (χ2v) is 10.6. The minimum Gasteiger partial charge on any atom is -0.393 e. The molecule has 5 heteroatoms. The highest BCUT2D eigenvalue weighted by Crippen LogP contribution is 2.19. The Bertz CT molecular complexity index is 436. The largest absolute Gasteiger partial charge is 0.393 e. The summed E-state index contributed by atoms with van der Waals surface area (Å²) >= 11 is 0. The maximum Gasteiger partial charge on any atom is 0.267 e. The quantitative estimate of drug-likeness (QED) is 0.137. The third-order valence-corrected chi connectivity index (χ3v) is 7.32. The van der Waals surface area contributed by atoms with E-state index in [1.54, 1.807) is 0 Å². The van der Waals surface area contributed by atoms with Crippen LogP contribution in [0, 0.1) is 0 Å². The normalized spacial score (nSPS) is 14.2. The molecule has 2 N–H and O–H groups in total. The molecule has 0 aliphatic carbocycles. The van der Waals surface area contributed by atoms with Crippen molar-refractivity contribution in [2.75, 3.05) is 0 Å². The highest BCUT2D eigenvalue weighted by atomic mass is 32.2. The molecule has 0 bridgehead atoms. The van der Waals surface area contributed by atoms with Gasteiger partial charge in [0.15, 0.2) is 0 Å². The predicted octanol–water partition coefficient (Wildman–Crippen LogP) is 7.45. The van der Waals surface area contributed by atoms with Gasteiger partial charge in [0.1, 0.15) is 0 Å². The van der Waals surface area contributed by atoms with E-state index < -0.39 is 15.4 Å². The molecule has 0 fully saturated rings. The highest BCUT2D eigenvalue weighted by molar-refractivity contribution is 7.86. The van der Waals surface area contributed by atoms with E-state index in [4.69, 9.17) is 0 Å². The molecule has 0 aromatic heterocycles. The zero-order valence-corrected chi connectivity index (χ0v) is 20.2. The van der Waals surface area contributed by atoms with Gasteiger partial charge < -0.3 is 5.11 Å². The molecule has 0 heterocycles. The van der Waals surface area contributed by atoms with Gasteiger partial charge in [0.05, 0.1) is 11.4 Å². The molecule has 29 heavy (non-hydrogen) atoms. The van der Waals surface area contributed by atoms with E-state index in [1.165, 1.54) is 64.2 Å². The Kier molecular flexibility index (Phi) is 19.7. The van der Waals surface area contributed by atoms with Crippen LogP contribution in [0.1, 0.15) is 142 Å². The summed E-state index contributed by atoms with van der Waals surface area (Å²) in [6.07, 6.45) is 21.3. The molecule has 0 aliphatic rings. The molecule has 4 nitrogen and oxygen atoms in total. The average molecular weight is 435 g/mol. The lowest BCUT2D eigenvalue weighted by Gasteiger charge is -2.14. The minimum absolute atomic E-state index is 0.266. The summed E-state index contributed by atoms with van der Waals surface area (Å²) in [6, 6.07) is 0. The van der Waals surface area contributed by atoms with Crippen LogP contribution in [-0.4, -0.2) is 29.4 Å². The van der Waals surface area contributed by atoms with Crippen LogP contribution in [0.2, 0.25) is 0 Å². The number of hydrogen-bond donors (Lipinski definition) is 2. The molecule has 0 saturated carbocycles. The minimum atomic E-state index is -3.94. The monoisotopic (exact) mass is 434 g/mol. The van der Waals surface area contributed by atoms with Gasteiger partial charge in [-0.2, -0.15) is 8.42 Å². The van der Waals surface area contributed by atoms with Crippen molar-refractivity contribution in [2.45, 2.75) is 154 Å². The zero-order valence-electron chi connectivity index (χ0n) is 19.4. The molecule has 0 spiro atoms. The van der Waals surface area contributed by atoms with E-state index in [9.17, 15) is 18.1 Å². The molecule has 0 aromatic rings. The van der Waals surface area contributed by atoms with Gasteiger partial charge in [0.2, 0.25) is 0 Å². The van der Waals surface area contributed by atoms with Crippen LogP contribution in [0.5, 0.6) is 0 Å². The van der Waals surface area contributed by atoms with Crippen molar-refractivity contribution in [3.05, 3.63) is 0 Å². The third-order valence-electron chi connectivity index (χ3n) is 6.01. The lowest BCUT2D eigenvalue weighted by Crippen LogP contribution is -2.20. The molecule has 176 valence electrons. The molecule has 2 unspecified atom stereocenters. The number of rotatable bonds is 22. The molecular weight excluding hydrogens is 384 g/mol. The fourth-order valence-electron chi connectivity index (χ4n) is 4.00. The Balaban J connectivity index is 3.58. The van der Waals surface area contributed by atoms with Gasteiger partial charge in [-0.1, -0.05) is 117 Å². The molecule has 0 radical (unpaired) electrons. The first-order chi connectivity index (χ1) is 13.9. The number of hydrogen-bond acceptors (Lipinski definition) is 3. The van der Waals surface area contributed by atoms with Crippen molar-refractivity contribution in [2.24, 2.45) is 0 Å². The molecular formula is C24H50O4S. The van der Waals surface area contributed by atoms with Crippen LogP contribution < -0.4 is 0 Å². The van der Waals surface area contributed by atoms with Crippen LogP contribution in [0.4, 0.5) is 0 Å². The van der Waals surface area contributed by atoms with E-state index >= 15 is 0 Å². The predicted molar refractivity (Wildman–Crippen MR) is 125 cm³/mol. The second-order valence-electron chi connectivity index (χ2n) is 8.90. The van der Waals surface area contributed by atoms with Gasteiger partial charge in [0, 0.05) is 0 Å². The molecule has 0 saturated heterocycles. The summed E-state index contributed by atoms with van der Waals surface area (Å²) in [5.41, 5.74) is 0. The summed E-state index contributed by atoms with van der Waals surface area (Å²) in [6.45, 7) is 4.34. The standard InChI is InChI=1S/C24H50O4S/c1-3-5-7-8-9-10-11-12-13-14-16-19-23(25)20-17-18-22-24(29(26,27)28)21-15-6-4-2/h23-25H,3-22H2,1-2H3,(H,26,27,28). The smallest absolute Gasteiger partial charge is 0.267 e. The highest BCUT2D eigenvalue weighted by Gasteiger charge is 2.21. The Hall–Kier alpha value is -0.130. The second kappa shape index (κ2) is 19.8. The molecule has 0 aromatic carbocycles. The topological polar surface area (TPSA) is 74.6 Å². The summed E-state index contributed by atoms with van der Waals surface area (Å²) in [7, 11) is -3.94. The first-order valence-corrected chi connectivity index (χ1v) is 14.1. The van der Waals surface area contributed by atoms with E-state index in [2.05, 4.69) is 13.8 Å². The lowest BCUT2D eigenvalue weighted by atomic mass is 10.0. The first kappa shape index (κ1) is 28.9. The zero-order chi connectivity index (χ0) is 21.8. The van der Waals surface area contributed by atoms with Crippen LogP contribution >= 0.6 is 0 Å². The lowest BCUT2D eigenvalue weighted by molar-refractivity contribution is 0.147. The Morgan fingerprint density at radius 1 is 0.552 bits per heavy atom. The van der Waals surface area contributed by atoms with Crippen LogP contribution in [0.3, 0.4) is 0 Å². The summed E-state index contributed by atoms with van der Waals surface area (Å²) < 4.78 is 32.4. The van der Waals surface area contributed by atoms with Crippen molar-refractivity contribution in [1.29, 1.82) is 0 Å². The summed E-state index contributed by atoms with van der Waals surface area (Å²) in [4.78, 5) is 0. The summed E-state index contributed by atoms with van der Waals surface area (Å²) in [5.74, 6) is 0. The number of aliphatic hydroxyl groups is 1. The van der Waals surface area contributed by atoms with Crippen LogP contribution in [-0.2, 0) is 10.1 Å². The first-order valence-electron chi connectivity index (χ1n) is 12.6. The van der Waals surface area contributed by atoms with Gasteiger partial charge in [-0.05, 0) is 25.7 Å². The maximum absolute atomic E-state index is 11.5. The fourth-order valence-corrected chi connectivity index (χ4v) is 4.93. The van der Waals surface area contributed by atoms with E-state index in [0.29, 0.717) is 12.8 Å². The van der Waals surface area contributed by atoms with E-state index in [1.807, 2.05) is 0 Å². The van der Waals surface area contributed by atoms with Gasteiger partial charge in [-0.15, -0.1) is 0 Å². The van der Waals surface area contributed by atoms with E-state index in [-0.39, 0.29) is 6.10 Å². The van der Waals surface area contributed by atoms with Crippen molar-refractivity contribution >= 4 is 10.1 Å². The summed E-state index contributed by atoms with van der Waals surface area (Å²) in [5, 5.41) is 9.50. The van der Waals surface area contributed by atoms with Gasteiger partial charge in [0.25, 0.3) is 10.1 Å². The Morgan fingerprint density at radius 2 is 0.862 bits per heavy atom. The van der Waals surface area contributed by atoms with Crippen molar-refractivity contribution in [3.63, 3.8) is 0 Å². The van der Waals surface area contributed by atoms with Gasteiger partial charge in [-0.25, -0.2) is 0 Å². The fraction of sp³-hybridized carbons (Fsp3) is 1.00. The Morgan fingerprint density at radius 3 is 1.31 bits per heavy atom. The van der Waals surface area contributed by atoms with Crippen molar-refractivity contribution in [1.82, 2.24) is 0 Å². The molecule has 0 amide bonds. The average Bonchev–Trinajstić information content (AvgIpc) is 2.67. The number of unbranched alkanes of at least 4 members (excludes halogenated alkanes) is 13. The maximum atomic E-state index is 11.5. The van der Waals surface area contributed by atoms with Gasteiger partial charge >= 0.3 is 0 Å². The van der Waals surface area contributed by atoms with Crippen molar-refractivity contribution in [3.8, 4) is 0 Å². The molecule has 0 rings (SSSR count). The van der Waals surface area contributed by atoms with Crippen molar-refractivity contribution < 1.29 is 18.1 Å². The van der Waals surface area contributed by atoms with Crippen LogP contribution in [0.25, 0.3) is 0 Å². The third kappa shape index (κ3) is 19.6. The SMILES string of the molecule is CCCCCCCCCCCCCC(O)CCCCC(CCCCC)S(=O)(=O)O. The molecule has 2 atom stereocenters. The van der Waals surface area contributed by atoms with Crippen LogP contribution in [0.15, 0.2) is 0 Å². The Labute approximate surface area is 182 Å². The van der Waals surface area contributed by atoms with Gasteiger partial charge in [-0.3, -0.25) is 4.55 Å². The number of aliphatic hydroxyl groups excluding tert-OH is 1.